The van der Waals surface area contributed by atoms with Crippen molar-refractivity contribution in [1.82, 2.24) is 4.90 Å². The number of methoxy groups -OCH3 is 1. The Morgan fingerprint density at radius 1 is 0.942 bits per heavy atom. The van der Waals surface area contributed by atoms with Gasteiger partial charge in [0.25, 0.3) is 0 Å². The number of ether oxygens (including phenoxy) is 2. The molecule has 0 amide bonds. The largest absolute Gasteiger partial charge is 0.573 e. The SMILES string of the molecule is COc1ccc(C(=O)C2=C[C@@]34C=C[C@@]25[C@@H]2CC[C@@](O)(CN(Cc6ccc(OC(F)(F)F)cc6)C[C@H](O)CO)[C@@]2(C)CC[C@@H]5[C@@]3(C)CCC(O)C4)cc1. The molecule has 3 fully saturated rings. The number of hydrogen-bond acceptors (Lipinski definition) is 8. The molecule has 11 heteroatoms. The van der Waals surface area contributed by atoms with Crippen LogP contribution in [0.5, 0.6) is 11.5 Å². The van der Waals surface area contributed by atoms with Crippen molar-refractivity contribution in [2.45, 2.75) is 89.5 Å². The van der Waals surface area contributed by atoms with Crippen molar-refractivity contribution >= 4 is 5.78 Å². The van der Waals surface area contributed by atoms with Crippen LogP contribution in [0.3, 0.4) is 0 Å². The number of aliphatic hydroxyl groups is 4. The second kappa shape index (κ2) is 13.0. The second-order valence-electron chi connectivity index (χ2n) is 16.6. The summed E-state index contributed by atoms with van der Waals surface area (Å²) in [5.41, 5.74) is -1.24. The molecule has 2 spiro atoms. The summed E-state index contributed by atoms with van der Waals surface area (Å²) in [6, 6.07) is 12.7. The van der Waals surface area contributed by atoms with E-state index in [0.29, 0.717) is 49.0 Å². The normalized spacial score (nSPS) is 36.8. The molecule has 52 heavy (non-hydrogen) atoms. The Balaban J connectivity index is 1.25. The van der Waals surface area contributed by atoms with E-state index < -0.39 is 47.0 Å². The number of carbonyl (C=O) groups excluding carboxylic acids is 1. The average molecular weight is 726 g/mol. The number of Topliss-reactive ketones (excluding diaryl/α,β-unsaturated/α-hetero) is 1. The molecule has 6 aliphatic carbocycles. The molecule has 8 nitrogen and oxygen atoms in total. The zero-order valence-electron chi connectivity index (χ0n) is 30.0. The zero-order chi connectivity index (χ0) is 37.3. The first-order chi connectivity index (χ1) is 24.5. The zero-order valence-corrected chi connectivity index (χ0v) is 30.0. The van der Waals surface area contributed by atoms with Gasteiger partial charge in [-0.05, 0) is 104 Å². The first-order valence-electron chi connectivity index (χ1n) is 18.4. The van der Waals surface area contributed by atoms with Crippen LogP contribution in [0.2, 0.25) is 0 Å². The monoisotopic (exact) mass is 725 g/mol. The fourth-order valence-corrected chi connectivity index (χ4v) is 11.5. The van der Waals surface area contributed by atoms with Crippen molar-refractivity contribution in [2.24, 2.45) is 33.5 Å². The highest BCUT2D eigenvalue weighted by Crippen LogP contribution is 2.78. The first kappa shape index (κ1) is 37.1. The van der Waals surface area contributed by atoms with Gasteiger partial charge in [-0.1, -0.05) is 44.2 Å². The van der Waals surface area contributed by atoms with E-state index >= 15 is 0 Å². The van der Waals surface area contributed by atoms with Gasteiger partial charge in [-0.2, -0.15) is 0 Å². The van der Waals surface area contributed by atoms with Crippen LogP contribution in [-0.4, -0.2) is 82.1 Å². The lowest BCUT2D eigenvalue weighted by Gasteiger charge is -2.71. The molecule has 3 saturated carbocycles. The van der Waals surface area contributed by atoms with Gasteiger partial charge in [-0.25, -0.2) is 0 Å². The van der Waals surface area contributed by atoms with Gasteiger partial charge >= 0.3 is 6.36 Å². The second-order valence-corrected chi connectivity index (χ2v) is 16.6. The highest BCUT2D eigenvalue weighted by Gasteiger charge is 2.74. The van der Waals surface area contributed by atoms with Gasteiger partial charge in [0.1, 0.15) is 11.5 Å². The van der Waals surface area contributed by atoms with Crippen LogP contribution in [-0.2, 0) is 6.54 Å². The fraction of sp³-hybridized carbons (Fsp3) is 0.585. The Morgan fingerprint density at radius 2 is 1.58 bits per heavy atom. The van der Waals surface area contributed by atoms with Gasteiger partial charge < -0.3 is 29.9 Å². The summed E-state index contributed by atoms with van der Waals surface area (Å²) in [6.07, 6.45) is 5.02. The topological polar surface area (TPSA) is 120 Å². The molecule has 9 atom stereocenters. The van der Waals surface area contributed by atoms with Gasteiger partial charge in [0.2, 0.25) is 0 Å². The van der Waals surface area contributed by atoms with Crippen molar-refractivity contribution in [1.29, 1.82) is 0 Å². The molecule has 0 aromatic heterocycles. The number of allylic oxidation sites excluding steroid dienone is 4. The van der Waals surface area contributed by atoms with Crippen LogP contribution in [0.4, 0.5) is 13.2 Å². The van der Waals surface area contributed by atoms with Gasteiger partial charge in [0.05, 0.1) is 31.5 Å². The highest BCUT2D eigenvalue weighted by atomic mass is 19.4. The van der Waals surface area contributed by atoms with Crippen molar-refractivity contribution in [2.75, 3.05) is 26.8 Å². The lowest BCUT2D eigenvalue weighted by Crippen LogP contribution is -2.67. The summed E-state index contributed by atoms with van der Waals surface area (Å²) in [4.78, 5) is 16.7. The molecule has 2 bridgehead atoms. The number of alkyl halides is 3. The smallest absolute Gasteiger partial charge is 0.497 e. The van der Waals surface area contributed by atoms with Crippen LogP contribution >= 0.6 is 0 Å². The number of fused-ring (bicyclic) bond motifs is 1. The summed E-state index contributed by atoms with van der Waals surface area (Å²) in [7, 11) is 1.58. The number of nitrogens with zero attached hydrogens (tertiary/aromatic N) is 1. The molecule has 0 aliphatic heterocycles. The number of aliphatic hydroxyl groups excluding tert-OH is 3. The Labute approximate surface area is 302 Å². The standard InChI is InChI=1S/C41H50F3NO7/c1-36-15-12-28(47)20-38(36)18-19-40(32(21-38)35(49)27-6-10-30(51-3)11-7-27)33(36)13-16-37(2)34(40)14-17-39(37,50)25-45(23-29(48)24-46)22-26-4-8-31(9-5-26)52-41(42,43)44/h4-11,18-19,21,28-29,33-34,46-48,50H,12-17,20,22-25H2,1-3H3/t28?,29-,33+,34+,36+,37-,38-,39+,40+/m0/s1. The minimum atomic E-state index is -4.81. The molecule has 2 aromatic carbocycles. The van der Waals surface area contributed by atoms with E-state index in [1.165, 1.54) is 24.3 Å². The lowest BCUT2D eigenvalue weighted by atomic mass is 9.32. The van der Waals surface area contributed by atoms with Crippen molar-refractivity contribution < 1.29 is 47.9 Å². The van der Waals surface area contributed by atoms with E-state index in [1.807, 2.05) is 4.90 Å². The molecule has 0 radical (unpaired) electrons. The van der Waals surface area contributed by atoms with Gasteiger partial charge in [-0.3, -0.25) is 9.69 Å². The summed E-state index contributed by atoms with van der Waals surface area (Å²) in [5.74, 6) is 0.276. The third-order valence-corrected chi connectivity index (χ3v) is 14.0. The van der Waals surface area contributed by atoms with E-state index in [0.717, 1.165) is 18.4 Å². The number of halogens is 3. The van der Waals surface area contributed by atoms with E-state index in [2.05, 4.69) is 36.8 Å². The molecule has 1 unspecified atom stereocenters. The maximum atomic E-state index is 14.8. The fourth-order valence-electron chi connectivity index (χ4n) is 11.5. The highest BCUT2D eigenvalue weighted by molar-refractivity contribution is 6.10. The van der Waals surface area contributed by atoms with Gasteiger partial charge in [0, 0.05) is 47.0 Å². The Hall–Kier alpha value is -3.22. The Bertz CT molecular complexity index is 1730. The molecule has 4 N–H and O–H groups in total. The first-order valence-corrected chi connectivity index (χ1v) is 18.4. The summed E-state index contributed by atoms with van der Waals surface area (Å²) in [5, 5.41) is 44.2. The number of rotatable bonds is 11. The minimum Gasteiger partial charge on any atom is -0.497 e. The summed E-state index contributed by atoms with van der Waals surface area (Å²) < 4.78 is 47.8. The van der Waals surface area contributed by atoms with Gasteiger partial charge in [0.15, 0.2) is 5.78 Å². The van der Waals surface area contributed by atoms with Gasteiger partial charge in [-0.15, -0.1) is 13.2 Å². The molecule has 6 aliphatic rings. The predicted molar refractivity (Wildman–Crippen MR) is 187 cm³/mol. The number of carbonyl (C=O) groups is 1. The van der Waals surface area contributed by atoms with Crippen molar-refractivity contribution in [3.05, 3.63) is 83.5 Å². The van der Waals surface area contributed by atoms with Crippen LogP contribution in [0, 0.1) is 33.5 Å². The Morgan fingerprint density at radius 3 is 2.23 bits per heavy atom. The van der Waals surface area contributed by atoms with E-state index in [1.54, 1.807) is 31.4 Å². The molecular formula is C41H50F3NO7. The number of ketones is 1. The molecule has 0 heterocycles. The molecule has 8 rings (SSSR count). The number of hydrogen-bond donors (Lipinski definition) is 4. The van der Waals surface area contributed by atoms with E-state index in [4.69, 9.17) is 4.74 Å². The molecule has 282 valence electrons. The van der Waals surface area contributed by atoms with Crippen LogP contribution in [0.25, 0.3) is 0 Å². The number of benzene rings is 2. The van der Waals surface area contributed by atoms with E-state index in [-0.39, 0.29) is 48.4 Å². The maximum Gasteiger partial charge on any atom is 0.573 e. The quantitative estimate of drug-likeness (QED) is 0.159. The van der Waals surface area contributed by atoms with Crippen LogP contribution in [0.1, 0.15) is 74.7 Å². The van der Waals surface area contributed by atoms with Crippen LogP contribution in [0.15, 0.2) is 72.3 Å². The third kappa shape index (κ3) is 5.82. The molecular weight excluding hydrogens is 675 g/mol. The van der Waals surface area contributed by atoms with Crippen molar-refractivity contribution in [3.63, 3.8) is 0 Å². The molecule has 0 saturated heterocycles. The minimum absolute atomic E-state index is 0.0397. The molecule has 2 aromatic rings. The third-order valence-electron chi connectivity index (χ3n) is 14.0. The predicted octanol–water partition coefficient (Wildman–Crippen LogP) is 6.22. The lowest BCUT2D eigenvalue weighted by molar-refractivity contribution is -0.274. The summed E-state index contributed by atoms with van der Waals surface area (Å²) >= 11 is 0. The Kier molecular flexibility index (Phi) is 9.26. The van der Waals surface area contributed by atoms with E-state index in [9.17, 15) is 38.4 Å². The maximum absolute atomic E-state index is 14.8. The average Bonchev–Trinajstić information content (AvgIpc) is 3.37. The van der Waals surface area contributed by atoms with Crippen molar-refractivity contribution in [3.8, 4) is 11.5 Å². The van der Waals surface area contributed by atoms with Crippen LogP contribution < -0.4 is 9.47 Å². The summed E-state index contributed by atoms with van der Waals surface area (Å²) in [6.45, 7) is 4.38.